The van der Waals surface area contributed by atoms with Gasteiger partial charge >= 0.3 is 0 Å². The maximum absolute atomic E-state index is 12.2. The van der Waals surface area contributed by atoms with Crippen LogP contribution in [-0.4, -0.2) is 26.0 Å². The van der Waals surface area contributed by atoms with E-state index in [-0.39, 0.29) is 18.3 Å². The Hall–Kier alpha value is -2.80. The fraction of sp³-hybridized carbons (Fsp3) is 0.250. The van der Waals surface area contributed by atoms with Crippen LogP contribution in [0.5, 0.6) is 5.75 Å². The van der Waals surface area contributed by atoms with Crippen molar-refractivity contribution in [2.24, 2.45) is 0 Å². The molecule has 2 amide bonds. The summed E-state index contributed by atoms with van der Waals surface area (Å²) < 4.78 is 15.5. The quantitative estimate of drug-likeness (QED) is 0.854. The van der Waals surface area contributed by atoms with Crippen molar-refractivity contribution >= 4 is 23.2 Å². The maximum atomic E-state index is 12.2. The monoisotopic (exact) mass is 318 g/mol. The molecule has 122 valence electrons. The number of hydrogen-bond donors (Lipinski definition) is 2. The number of methoxy groups -OCH3 is 2. The largest absolute Gasteiger partial charge is 0.495 e. The molecule has 23 heavy (non-hydrogen) atoms. The Balaban J connectivity index is 2.19. The van der Waals surface area contributed by atoms with Crippen molar-refractivity contribution in [3.05, 3.63) is 41.9 Å². The second kappa shape index (κ2) is 7.46. The zero-order valence-corrected chi connectivity index (χ0v) is 13.1. The van der Waals surface area contributed by atoms with Gasteiger partial charge in [0.1, 0.15) is 18.1 Å². The standard InChI is InChI=1S/C16H18N2O5/c1-10(19)17-11-4-6-14(22-3)13(8-11)18-16(20)15-7-5-12(23-15)9-21-2/h4-8H,9H2,1-3H3,(H,17,19)(H,18,20). The number of benzene rings is 1. The van der Waals surface area contributed by atoms with Gasteiger partial charge in [0.25, 0.3) is 5.91 Å². The lowest BCUT2D eigenvalue weighted by Gasteiger charge is -2.11. The number of ether oxygens (including phenoxy) is 2. The number of anilines is 2. The summed E-state index contributed by atoms with van der Waals surface area (Å²) in [5.41, 5.74) is 0.974. The Morgan fingerprint density at radius 2 is 1.91 bits per heavy atom. The molecule has 0 bridgehead atoms. The molecule has 7 nitrogen and oxygen atoms in total. The van der Waals surface area contributed by atoms with Crippen LogP contribution in [0, 0.1) is 0 Å². The van der Waals surface area contributed by atoms with Crippen molar-refractivity contribution in [3.63, 3.8) is 0 Å². The van der Waals surface area contributed by atoms with Crippen molar-refractivity contribution in [2.75, 3.05) is 24.9 Å². The normalized spacial score (nSPS) is 10.2. The van der Waals surface area contributed by atoms with E-state index in [1.807, 2.05) is 0 Å². The highest BCUT2D eigenvalue weighted by atomic mass is 16.5. The number of rotatable bonds is 6. The molecule has 0 unspecified atom stereocenters. The number of carbonyl (C=O) groups is 2. The van der Waals surface area contributed by atoms with Gasteiger partial charge in [-0.3, -0.25) is 9.59 Å². The number of hydrogen-bond acceptors (Lipinski definition) is 5. The van der Waals surface area contributed by atoms with Crippen molar-refractivity contribution in [1.29, 1.82) is 0 Å². The van der Waals surface area contributed by atoms with Crippen LogP contribution in [0.3, 0.4) is 0 Å². The third-order valence-corrected chi connectivity index (χ3v) is 2.94. The van der Waals surface area contributed by atoms with E-state index in [1.165, 1.54) is 14.0 Å². The van der Waals surface area contributed by atoms with Crippen LogP contribution in [0.2, 0.25) is 0 Å². The summed E-state index contributed by atoms with van der Waals surface area (Å²) in [6.45, 7) is 1.69. The summed E-state index contributed by atoms with van der Waals surface area (Å²) in [6.07, 6.45) is 0. The van der Waals surface area contributed by atoms with Gasteiger partial charge in [-0.25, -0.2) is 0 Å². The van der Waals surface area contributed by atoms with Gasteiger partial charge in [0.2, 0.25) is 5.91 Å². The van der Waals surface area contributed by atoms with Gasteiger partial charge in [-0.1, -0.05) is 0 Å². The minimum Gasteiger partial charge on any atom is -0.495 e. The summed E-state index contributed by atoms with van der Waals surface area (Å²) in [4.78, 5) is 23.4. The molecule has 1 aromatic carbocycles. The molecule has 1 aromatic heterocycles. The van der Waals surface area contributed by atoms with Crippen LogP contribution in [-0.2, 0) is 16.1 Å². The van der Waals surface area contributed by atoms with Crippen LogP contribution < -0.4 is 15.4 Å². The highest BCUT2D eigenvalue weighted by Gasteiger charge is 2.14. The SMILES string of the molecule is COCc1ccc(C(=O)Nc2cc(NC(C)=O)ccc2OC)o1. The van der Waals surface area contributed by atoms with Crippen molar-refractivity contribution in [3.8, 4) is 5.75 Å². The van der Waals surface area contributed by atoms with Crippen LogP contribution >= 0.6 is 0 Å². The second-order valence-corrected chi connectivity index (χ2v) is 4.75. The van der Waals surface area contributed by atoms with Gasteiger partial charge in [0.15, 0.2) is 5.76 Å². The molecule has 2 rings (SSSR count). The van der Waals surface area contributed by atoms with E-state index in [4.69, 9.17) is 13.9 Å². The topological polar surface area (TPSA) is 89.8 Å². The van der Waals surface area contributed by atoms with E-state index < -0.39 is 5.91 Å². The van der Waals surface area contributed by atoms with Crippen molar-refractivity contribution in [2.45, 2.75) is 13.5 Å². The fourth-order valence-electron chi connectivity index (χ4n) is 1.99. The summed E-state index contributed by atoms with van der Waals surface area (Å²) in [6, 6.07) is 8.17. The molecule has 2 N–H and O–H groups in total. The molecule has 0 aliphatic carbocycles. The maximum Gasteiger partial charge on any atom is 0.291 e. The summed E-state index contributed by atoms with van der Waals surface area (Å²) >= 11 is 0. The number of nitrogens with one attached hydrogen (secondary N) is 2. The number of furan rings is 1. The van der Waals surface area contributed by atoms with Gasteiger partial charge in [-0.2, -0.15) is 0 Å². The van der Waals surface area contributed by atoms with Gasteiger partial charge in [-0.05, 0) is 30.3 Å². The minimum absolute atomic E-state index is 0.157. The molecule has 0 radical (unpaired) electrons. The average Bonchev–Trinajstić information content (AvgIpc) is 2.96. The van der Waals surface area contributed by atoms with E-state index >= 15 is 0 Å². The highest BCUT2D eigenvalue weighted by Crippen LogP contribution is 2.28. The number of carbonyl (C=O) groups excluding carboxylic acids is 2. The first kappa shape index (κ1) is 16.6. The summed E-state index contributed by atoms with van der Waals surface area (Å²) in [5, 5.41) is 5.34. The van der Waals surface area contributed by atoms with Gasteiger partial charge in [0.05, 0.1) is 12.8 Å². The first-order valence-corrected chi connectivity index (χ1v) is 6.88. The van der Waals surface area contributed by atoms with Gasteiger partial charge in [0, 0.05) is 19.7 Å². The predicted octanol–water partition coefficient (Wildman–Crippen LogP) is 2.65. The van der Waals surface area contributed by atoms with Crippen LogP contribution in [0.1, 0.15) is 23.2 Å². The third kappa shape index (κ3) is 4.33. The van der Waals surface area contributed by atoms with Crippen LogP contribution in [0.15, 0.2) is 34.7 Å². The second-order valence-electron chi connectivity index (χ2n) is 4.75. The Bertz CT molecular complexity index is 708. The first-order valence-electron chi connectivity index (χ1n) is 6.88. The van der Waals surface area contributed by atoms with E-state index in [9.17, 15) is 9.59 Å². The predicted molar refractivity (Wildman–Crippen MR) is 84.7 cm³/mol. The zero-order chi connectivity index (χ0) is 16.8. The smallest absolute Gasteiger partial charge is 0.291 e. The van der Waals surface area contributed by atoms with E-state index in [1.54, 1.807) is 37.4 Å². The molecule has 1 heterocycles. The molecule has 0 spiro atoms. The first-order chi connectivity index (χ1) is 11.0. The zero-order valence-electron chi connectivity index (χ0n) is 13.1. The molecule has 0 saturated heterocycles. The van der Waals surface area contributed by atoms with Gasteiger partial charge < -0.3 is 24.5 Å². The molecular formula is C16H18N2O5. The molecular weight excluding hydrogens is 300 g/mol. The van der Waals surface area contributed by atoms with Crippen LogP contribution in [0.25, 0.3) is 0 Å². The average molecular weight is 318 g/mol. The van der Waals surface area contributed by atoms with Crippen LogP contribution in [0.4, 0.5) is 11.4 Å². The summed E-state index contributed by atoms with van der Waals surface area (Å²) in [5.74, 6) is 0.546. The molecule has 7 heteroatoms. The highest BCUT2D eigenvalue weighted by molar-refractivity contribution is 6.03. The Labute approximate surface area is 133 Å². The lowest BCUT2D eigenvalue weighted by atomic mass is 10.2. The summed E-state index contributed by atoms with van der Waals surface area (Å²) in [7, 11) is 3.04. The van der Waals surface area contributed by atoms with Gasteiger partial charge in [-0.15, -0.1) is 0 Å². The van der Waals surface area contributed by atoms with Crippen molar-refractivity contribution < 1.29 is 23.5 Å². The molecule has 0 saturated carbocycles. The molecule has 2 aromatic rings. The Kier molecular flexibility index (Phi) is 5.37. The molecule has 0 aliphatic rings. The van der Waals surface area contributed by atoms with Crippen molar-refractivity contribution in [1.82, 2.24) is 0 Å². The Morgan fingerprint density at radius 1 is 1.13 bits per heavy atom. The molecule has 0 aliphatic heterocycles. The lowest BCUT2D eigenvalue weighted by Crippen LogP contribution is -2.13. The number of amides is 2. The van der Waals surface area contributed by atoms with E-state index in [0.29, 0.717) is 22.9 Å². The molecule has 0 atom stereocenters. The van der Waals surface area contributed by atoms with E-state index in [2.05, 4.69) is 10.6 Å². The minimum atomic E-state index is -0.425. The fourth-order valence-corrected chi connectivity index (χ4v) is 1.99. The molecule has 0 fully saturated rings. The van der Waals surface area contributed by atoms with E-state index in [0.717, 1.165) is 0 Å². The Morgan fingerprint density at radius 3 is 2.57 bits per heavy atom. The lowest BCUT2D eigenvalue weighted by molar-refractivity contribution is -0.114. The third-order valence-electron chi connectivity index (χ3n) is 2.94.